The zero-order valence-corrected chi connectivity index (χ0v) is 18.6. The highest BCUT2D eigenvalue weighted by atomic mass is 32.2. The number of anilines is 1. The van der Waals surface area contributed by atoms with Crippen LogP contribution in [-0.4, -0.2) is 53.5 Å². The van der Waals surface area contributed by atoms with Gasteiger partial charge in [0, 0.05) is 44.2 Å². The number of halogens is 1. The first-order chi connectivity index (χ1) is 15.8. The van der Waals surface area contributed by atoms with Crippen LogP contribution < -0.4 is 5.32 Å². The first kappa shape index (κ1) is 22.8. The first-order valence-corrected chi connectivity index (χ1v) is 11.6. The molecule has 1 saturated heterocycles. The van der Waals surface area contributed by atoms with Gasteiger partial charge in [-0.3, -0.25) is 10.1 Å². The van der Waals surface area contributed by atoms with Gasteiger partial charge in [0.05, 0.1) is 29.5 Å². The van der Waals surface area contributed by atoms with Crippen molar-refractivity contribution in [3.8, 4) is 5.69 Å². The van der Waals surface area contributed by atoms with Gasteiger partial charge >= 0.3 is 0 Å². The zero-order valence-electron chi connectivity index (χ0n) is 17.8. The molecule has 174 valence electrons. The Balaban J connectivity index is 1.61. The molecule has 1 fully saturated rings. The minimum absolute atomic E-state index is 0.115. The second-order valence-electron chi connectivity index (χ2n) is 7.44. The van der Waals surface area contributed by atoms with E-state index in [2.05, 4.69) is 10.3 Å². The maximum Gasteiger partial charge on any atom is 0.270 e. The lowest BCUT2D eigenvalue weighted by atomic mass is 10.2. The summed E-state index contributed by atoms with van der Waals surface area (Å²) < 4.78 is 49.2. The van der Waals surface area contributed by atoms with Crippen LogP contribution in [0, 0.1) is 22.9 Å². The molecule has 0 amide bonds. The molecule has 0 bridgehead atoms. The van der Waals surface area contributed by atoms with E-state index in [0.29, 0.717) is 17.1 Å². The molecule has 3 aromatic rings. The molecule has 33 heavy (non-hydrogen) atoms. The van der Waals surface area contributed by atoms with Gasteiger partial charge in [0.1, 0.15) is 16.5 Å². The van der Waals surface area contributed by atoms with Crippen molar-refractivity contribution in [2.24, 2.45) is 0 Å². The second-order valence-corrected chi connectivity index (χ2v) is 9.34. The van der Waals surface area contributed by atoms with Crippen LogP contribution in [-0.2, 0) is 21.3 Å². The topological polar surface area (TPSA) is 120 Å². The highest BCUT2D eigenvalue weighted by Crippen LogP contribution is 2.30. The Hall–Kier alpha value is -3.35. The number of aryl methyl sites for hydroxylation is 1. The van der Waals surface area contributed by atoms with Crippen LogP contribution in [0.5, 0.6) is 0 Å². The quantitative estimate of drug-likeness (QED) is 0.412. The Morgan fingerprint density at radius 1 is 1.21 bits per heavy atom. The molecule has 0 unspecified atom stereocenters. The number of aromatic nitrogens is 2. The van der Waals surface area contributed by atoms with Gasteiger partial charge in [0.15, 0.2) is 0 Å². The lowest BCUT2D eigenvalue weighted by molar-refractivity contribution is -0.385. The fraction of sp³-hybridized carbons (Fsp3) is 0.286. The molecule has 4 rings (SSSR count). The van der Waals surface area contributed by atoms with Crippen LogP contribution in [0.1, 0.15) is 11.4 Å². The number of non-ortho nitro benzene ring substituents is 1. The Labute approximate surface area is 189 Å². The number of nitrogens with zero attached hydrogens (tertiary/aromatic N) is 4. The number of rotatable bonds is 7. The number of nitro benzene ring substituents is 1. The van der Waals surface area contributed by atoms with Gasteiger partial charge in [0.2, 0.25) is 10.0 Å². The molecule has 0 spiro atoms. The van der Waals surface area contributed by atoms with E-state index < -0.39 is 20.8 Å². The molecule has 0 atom stereocenters. The number of hydrogen-bond acceptors (Lipinski definition) is 7. The van der Waals surface area contributed by atoms with Gasteiger partial charge in [-0.2, -0.15) is 4.31 Å². The average molecular weight is 476 g/mol. The maximum absolute atomic E-state index is 14.7. The third kappa shape index (κ3) is 4.72. The average Bonchev–Trinajstić information content (AvgIpc) is 3.23. The fourth-order valence-electron chi connectivity index (χ4n) is 3.60. The monoisotopic (exact) mass is 475 g/mol. The van der Waals surface area contributed by atoms with Crippen molar-refractivity contribution in [3.63, 3.8) is 0 Å². The van der Waals surface area contributed by atoms with E-state index in [0.717, 1.165) is 6.07 Å². The summed E-state index contributed by atoms with van der Waals surface area (Å²) >= 11 is 0. The van der Waals surface area contributed by atoms with Gasteiger partial charge in [0.25, 0.3) is 5.69 Å². The predicted octanol–water partition coefficient (Wildman–Crippen LogP) is 2.86. The van der Waals surface area contributed by atoms with Crippen LogP contribution in [0.4, 0.5) is 15.8 Å². The molecule has 1 aromatic heterocycles. The molecule has 10 nitrogen and oxygen atoms in total. The van der Waals surface area contributed by atoms with Crippen molar-refractivity contribution < 1.29 is 22.5 Å². The number of benzene rings is 2. The van der Waals surface area contributed by atoms with E-state index in [1.807, 2.05) is 0 Å². The number of imidazole rings is 1. The number of morpholine rings is 1. The lowest BCUT2D eigenvalue weighted by Crippen LogP contribution is -2.40. The van der Waals surface area contributed by atoms with Crippen LogP contribution in [0.25, 0.3) is 5.69 Å². The number of ether oxygens (including phenoxy) is 1. The minimum Gasteiger partial charge on any atom is -0.380 e. The van der Waals surface area contributed by atoms with E-state index in [9.17, 15) is 22.9 Å². The normalized spacial score (nSPS) is 14.8. The molecule has 0 saturated carbocycles. The Kier molecular flexibility index (Phi) is 6.40. The van der Waals surface area contributed by atoms with Crippen molar-refractivity contribution in [1.29, 1.82) is 0 Å². The third-order valence-corrected chi connectivity index (χ3v) is 7.28. The van der Waals surface area contributed by atoms with Crippen molar-refractivity contribution in [2.75, 3.05) is 31.6 Å². The van der Waals surface area contributed by atoms with Crippen molar-refractivity contribution in [1.82, 2.24) is 13.9 Å². The maximum atomic E-state index is 14.7. The standard InChI is InChI=1S/C21H22FN5O5S/c1-15-23-6-7-26(15)20-5-2-16(12-18(20)22)14-24-19-4-3-17(27(28)29)13-21(19)33(30,31)25-8-10-32-11-9-25/h2-7,12-13,24H,8-11,14H2,1H3. The summed E-state index contributed by atoms with van der Waals surface area (Å²) in [5, 5.41) is 14.2. The number of sulfonamides is 1. The molecule has 1 aliphatic heterocycles. The van der Waals surface area contributed by atoms with Crippen molar-refractivity contribution in [3.05, 3.63) is 76.1 Å². The Morgan fingerprint density at radius 2 is 1.97 bits per heavy atom. The van der Waals surface area contributed by atoms with Crippen LogP contribution >= 0.6 is 0 Å². The summed E-state index contributed by atoms with van der Waals surface area (Å²) in [6.07, 6.45) is 3.24. The minimum atomic E-state index is -4.00. The molecular formula is C21H22FN5O5S. The van der Waals surface area contributed by atoms with E-state index >= 15 is 0 Å². The molecule has 1 aliphatic rings. The van der Waals surface area contributed by atoms with Crippen LogP contribution in [0.2, 0.25) is 0 Å². The number of hydrogen-bond donors (Lipinski definition) is 1. The summed E-state index contributed by atoms with van der Waals surface area (Å²) in [5.41, 5.74) is 0.780. The SMILES string of the molecule is Cc1nccn1-c1ccc(CNc2ccc([N+](=O)[O-])cc2S(=O)(=O)N2CCOCC2)cc1F. The summed E-state index contributed by atoms with van der Waals surface area (Å²) in [6, 6.07) is 8.30. The molecule has 2 aromatic carbocycles. The van der Waals surface area contributed by atoms with Gasteiger partial charge < -0.3 is 14.6 Å². The second kappa shape index (κ2) is 9.25. The van der Waals surface area contributed by atoms with E-state index in [1.54, 1.807) is 36.0 Å². The third-order valence-electron chi connectivity index (χ3n) is 5.34. The molecule has 0 aliphatic carbocycles. The molecule has 0 radical (unpaired) electrons. The Morgan fingerprint density at radius 3 is 2.61 bits per heavy atom. The lowest BCUT2D eigenvalue weighted by Gasteiger charge is -2.27. The highest BCUT2D eigenvalue weighted by molar-refractivity contribution is 7.89. The van der Waals surface area contributed by atoms with Gasteiger partial charge in [-0.05, 0) is 30.7 Å². The highest BCUT2D eigenvalue weighted by Gasteiger charge is 2.30. The molecule has 12 heteroatoms. The first-order valence-electron chi connectivity index (χ1n) is 10.2. The van der Waals surface area contributed by atoms with E-state index in [-0.39, 0.29) is 49.1 Å². The molecule has 1 N–H and O–H groups in total. The van der Waals surface area contributed by atoms with Crippen molar-refractivity contribution >= 4 is 21.4 Å². The smallest absolute Gasteiger partial charge is 0.270 e. The van der Waals surface area contributed by atoms with Crippen LogP contribution in [0.3, 0.4) is 0 Å². The molecular weight excluding hydrogens is 453 g/mol. The van der Waals surface area contributed by atoms with Crippen molar-refractivity contribution in [2.45, 2.75) is 18.4 Å². The summed E-state index contributed by atoms with van der Waals surface area (Å²) in [7, 11) is -4.00. The number of nitrogens with one attached hydrogen (secondary N) is 1. The van der Waals surface area contributed by atoms with Gasteiger partial charge in [-0.15, -0.1) is 0 Å². The Bertz CT molecular complexity index is 1290. The largest absolute Gasteiger partial charge is 0.380 e. The summed E-state index contributed by atoms with van der Waals surface area (Å²) in [5.74, 6) is 0.184. The van der Waals surface area contributed by atoms with E-state index in [4.69, 9.17) is 4.74 Å². The van der Waals surface area contributed by atoms with Gasteiger partial charge in [-0.25, -0.2) is 17.8 Å². The van der Waals surface area contributed by atoms with Crippen LogP contribution in [0.15, 0.2) is 53.7 Å². The fourth-order valence-corrected chi connectivity index (χ4v) is 5.19. The molecule has 2 heterocycles. The summed E-state index contributed by atoms with van der Waals surface area (Å²) in [4.78, 5) is 14.5. The summed E-state index contributed by atoms with van der Waals surface area (Å²) in [6.45, 7) is 2.69. The zero-order chi connectivity index (χ0) is 23.6. The van der Waals surface area contributed by atoms with E-state index in [1.165, 1.54) is 22.5 Å². The predicted molar refractivity (Wildman–Crippen MR) is 118 cm³/mol. The number of nitro groups is 1. The van der Waals surface area contributed by atoms with Gasteiger partial charge in [-0.1, -0.05) is 6.07 Å².